The van der Waals surface area contributed by atoms with Crippen LogP contribution in [0.4, 0.5) is 10.7 Å². The van der Waals surface area contributed by atoms with Crippen molar-refractivity contribution in [1.29, 1.82) is 0 Å². The Labute approximate surface area is 190 Å². The largest absolute Gasteiger partial charge is 0.495 e. The molecule has 3 rings (SSSR count). The number of carbonyl (C=O) groups is 3. The Morgan fingerprint density at radius 3 is 2.53 bits per heavy atom. The van der Waals surface area contributed by atoms with Crippen LogP contribution in [0.5, 0.6) is 5.75 Å². The number of rotatable bonds is 8. The van der Waals surface area contributed by atoms with Crippen molar-refractivity contribution in [2.24, 2.45) is 5.73 Å². The Balaban J connectivity index is 1.72. The molecule has 172 valence electrons. The number of fused-ring (bicyclic) bond motifs is 1. The summed E-state index contributed by atoms with van der Waals surface area (Å²) in [4.78, 5) is 38.0. The third kappa shape index (κ3) is 5.10. The normalized spacial score (nSPS) is 14.2. The lowest BCUT2D eigenvalue weighted by molar-refractivity contribution is -0.115. The Bertz CT molecular complexity index is 1160. The minimum Gasteiger partial charge on any atom is -0.495 e. The van der Waals surface area contributed by atoms with Crippen LogP contribution in [0.2, 0.25) is 0 Å². The number of nitrogens with one attached hydrogen (secondary N) is 2. The van der Waals surface area contributed by atoms with Gasteiger partial charge in [-0.05, 0) is 50.3 Å². The second kappa shape index (κ2) is 9.70. The molecule has 0 bridgehead atoms. The van der Waals surface area contributed by atoms with Crippen molar-refractivity contribution in [3.8, 4) is 5.75 Å². The molecule has 0 aliphatic heterocycles. The van der Waals surface area contributed by atoms with Crippen LogP contribution in [0.1, 0.15) is 40.6 Å². The first-order valence-corrected chi connectivity index (χ1v) is 12.6. The van der Waals surface area contributed by atoms with E-state index in [-0.39, 0.29) is 10.6 Å². The second-order valence-electron chi connectivity index (χ2n) is 7.47. The van der Waals surface area contributed by atoms with Crippen LogP contribution in [-0.2, 0) is 32.3 Å². The van der Waals surface area contributed by atoms with E-state index in [1.165, 1.54) is 25.4 Å². The van der Waals surface area contributed by atoms with Crippen molar-refractivity contribution in [1.82, 2.24) is 0 Å². The van der Waals surface area contributed by atoms with Crippen molar-refractivity contribution >= 4 is 49.6 Å². The van der Waals surface area contributed by atoms with Gasteiger partial charge in [-0.2, -0.15) is 0 Å². The molecule has 9 nitrogen and oxygen atoms in total. The molecule has 1 heterocycles. The first-order chi connectivity index (χ1) is 15.1. The van der Waals surface area contributed by atoms with Crippen molar-refractivity contribution in [3.05, 3.63) is 40.3 Å². The smallest absolute Gasteiger partial charge is 0.251 e. The van der Waals surface area contributed by atoms with Gasteiger partial charge in [0.15, 0.2) is 9.84 Å². The van der Waals surface area contributed by atoms with E-state index in [1.807, 2.05) is 0 Å². The summed E-state index contributed by atoms with van der Waals surface area (Å²) in [6.07, 6.45) is 3.37. The Morgan fingerprint density at radius 2 is 1.84 bits per heavy atom. The van der Waals surface area contributed by atoms with Crippen LogP contribution in [-0.4, -0.2) is 44.3 Å². The van der Waals surface area contributed by atoms with Crippen LogP contribution in [0.3, 0.4) is 0 Å². The molecule has 11 heteroatoms. The number of carbonyl (C=O) groups excluding carboxylic acids is 3. The second-order valence-corrected chi connectivity index (χ2v) is 10.9. The minimum absolute atomic E-state index is 0.247. The van der Waals surface area contributed by atoms with Gasteiger partial charge in [-0.1, -0.05) is 12.1 Å². The number of benzene rings is 1. The van der Waals surface area contributed by atoms with Gasteiger partial charge in [0.25, 0.3) is 5.91 Å². The van der Waals surface area contributed by atoms with Gasteiger partial charge in [-0.25, -0.2) is 8.42 Å². The zero-order valence-electron chi connectivity index (χ0n) is 17.8. The van der Waals surface area contributed by atoms with E-state index in [0.717, 1.165) is 29.7 Å². The minimum atomic E-state index is -4.13. The van der Waals surface area contributed by atoms with E-state index in [1.54, 1.807) is 24.3 Å². The van der Waals surface area contributed by atoms with Crippen LogP contribution in [0.15, 0.2) is 24.3 Å². The summed E-state index contributed by atoms with van der Waals surface area (Å²) < 4.78 is 30.5. The van der Waals surface area contributed by atoms with Crippen molar-refractivity contribution in [2.45, 2.75) is 37.9 Å². The maximum absolute atomic E-state index is 12.7. The van der Waals surface area contributed by atoms with E-state index in [0.29, 0.717) is 17.9 Å². The van der Waals surface area contributed by atoms with Crippen LogP contribution >= 0.6 is 11.3 Å². The summed E-state index contributed by atoms with van der Waals surface area (Å²) in [5, 5.41) is 3.78. The number of nitrogens with two attached hydrogens (primary N) is 1. The monoisotopic (exact) mass is 479 g/mol. The molecule has 1 aliphatic carbocycles. The number of para-hydroxylation sites is 2. The van der Waals surface area contributed by atoms with Gasteiger partial charge in [-0.3, -0.25) is 14.4 Å². The third-order valence-electron chi connectivity index (χ3n) is 5.28. The van der Waals surface area contributed by atoms with Gasteiger partial charge in [0.1, 0.15) is 21.8 Å². The molecule has 1 unspecified atom stereocenters. The Morgan fingerprint density at radius 1 is 1.16 bits per heavy atom. The van der Waals surface area contributed by atoms with Gasteiger partial charge < -0.3 is 21.1 Å². The van der Waals surface area contributed by atoms with Crippen LogP contribution in [0, 0.1) is 0 Å². The number of primary amides is 1. The SMILES string of the molecule is COc1ccccc1NC(=O)CS(=O)(=O)C(C)C(=O)Nc1sc2c(c1C(N)=O)CCCC2. The topological polar surface area (TPSA) is 145 Å². The van der Waals surface area contributed by atoms with Crippen LogP contribution in [0.25, 0.3) is 0 Å². The number of hydrogen-bond donors (Lipinski definition) is 3. The fourth-order valence-corrected chi connectivity index (χ4v) is 5.90. The molecule has 32 heavy (non-hydrogen) atoms. The molecule has 0 saturated heterocycles. The predicted molar refractivity (Wildman–Crippen MR) is 123 cm³/mol. The Kier molecular flexibility index (Phi) is 7.19. The lowest BCUT2D eigenvalue weighted by atomic mass is 9.95. The molecule has 1 aromatic carbocycles. The van der Waals surface area contributed by atoms with E-state index in [4.69, 9.17) is 10.5 Å². The zero-order chi connectivity index (χ0) is 23.5. The lowest BCUT2D eigenvalue weighted by Gasteiger charge is -2.14. The number of sulfone groups is 1. The van der Waals surface area contributed by atoms with Gasteiger partial charge >= 0.3 is 0 Å². The van der Waals surface area contributed by atoms with Gasteiger partial charge in [0.05, 0.1) is 18.4 Å². The van der Waals surface area contributed by atoms with Crippen molar-refractivity contribution in [2.75, 3.05) is 23.5 Å². The number of aryl methyl sites for hydroxylation is 1. The molecule has 1 aliphatic rings. The highest BCUT2D eigenvalue weighted by Crippen LogP contribution is 2.38. The maximum Gasteiger partial charge on any atom is 0.251 e. The van der Waals surface area contributed by atoms with E-state index < -0.39 is 38.6 Å². The molecule has 0 radical (unpaired) electrons. The Hall–Kier alpha value is -2.92. The van der Waals surface area contributed by atoms with Gasteiger partial charge in [-0.15, -0.1) is 11.3 Å². The molecule has 0 fully saturated rings. The molecule has 2 aromatic rings. The highest BCUT2D eigenvalue weighted by Gasteiger charge is 2.32. The number of ether oxygens (including phenoxy) is 1. The number of amides is 3. The summed E-state index contributed by atoms with van der Waals surface area (Å²) in [6, 6.07) is 6.57. The van der Waals surface area contributed by atoms with E-state index in [2.05, 4.69) is 10.6 Å². The third-order valence-corrected chi connectivity index (χ3v) is 8.44. The summed E-state index contributed by atoms with van der Waals surface area (Å²) in [5.74, 6) is -2.78. The average Bonchev–Trinajstić information content (AvgIpc) is 3.11. The molecule has 3 amide bonds. The zero-order valence-corrected chi connectivity index (χ0v) is 19.4. The fraction of sp³-hybridized carbons (Fsp3) is 0.381. The maximum atomic E-state index is 12.7. The highest BCUT2D eigenvalue weighted by atomic mass is 32.2. The number of anilines is 2. The predicted octanol–water partition coefficient (Wildman–Crippen LogP) is 2.11. The number of hydrogen-bond acceptors (Lipinski definition) is 7. The summed E-state index contributed by atoms with van der Waals surface area (Å²) in [5.41, 5.74) is 6.92. The first kappa shape index (κ1) is 23.7. The summed E-state index contributed by atoms with van der Waals surface area (Å²) in [7, 11) is -2.70. The van der Waals surface area contributed by atoms with E-state index >= 15 is 0 Å². The quantitative estimate of drug-likeness (QED) is 0.529. The summed E-state index contributed by atoms with van der Waals surface area (Å²) >= 11 is 1.25. The van der Waals surface area contributed by atoms with Crippen molar-refractivity contribution < 1.29 is 27.5 Å². The molecular formula is C21H25N3O6S2. The fourth-order valence-electron chi connectivity index (χ4n) is 3.53. The molecule has 0 spiro atoms. The number of thiophene rings is 1. The van der Waals surface area contributed by atoms with Crippen LogP contribution < -0.4 is 21.1 Å². The highest BCUT2D eigenvalue weighted by molar-refractivity contribution is 7.93. The molecule has 1 atom stereocenters. The molecular weight excluding hydrogens is 454 g/mol. The molecule has 4 N–H and O–H groups in total. The average molecular weight is 480 g/mol. The van der Waals surface area contributed by atoms with Gasteiger partial charge in [0.2, 0.25) is 11.8 Å². The van der Waals surface area contributed by atoms with Gasteiger partial charge in [0, 0.05) is 4.88 Å². The summed E-state index contributed by atoms with van der Waals surface area (Å²) in [6.45, 7) is 1.21. The first-order valence-electron chi connectivity index (χ1n) is 10.0. The molecule has 1 aromatic heterocycles. The standard InChI is InChI=1S/C21H25N3O6S2/c1-12(32(28,29)11-17(25)23-14-8-4-5-9-15(14)30-2)20(27)24-21-18(19(22)26)13-7-3-6-10-16(13)31-21/h4-5,8-9,12H,3,6-7,10-11H2,1-2H3,(H2,22,26)(H,23,25)(H,24,27). The number of methoxy groups -OCH3 is 1. The van der Waals surface area contributed by atoms with E-state index in [9.17, 15) is 22.8 Å². The lowest BCUT2D eigenvalue weighted by Crippen LogP contribution is -2.37. The molecule has 0 saturated carbocycles. The van der Waals surface area contributed by atoms with Crippen molar-refractivity contribution in [3.63, 3.8) is 0 Å².